The van der Waals surface area contributed by atoms with Crippen LogP contribution < -0.4 is 5.32 Å². The van der Waals surface area contributed by atoms with Crippen molar-refractivity contribution in [2.75, 3.05) is 20.1 Å². The predicted molar refractivity (Wildman–Crippen MR) is 55.8 cm³/mol. The molecule has 0 radical (unpaired) electrons. The maximum Gasteiger partial charge on any atom is 0.239 e. The van der Waals surface area contributed by atoms with Crippen molar-refractivity contribution in [2.24, 2.45) is 0 Å². The van der Waals surface area contributed by atoms with Crippen molar-refractivity contribution in [3.8, 4) is 0 Å². The molecular weight excluding hydrogens is 180 g/mol. The second kappa shape index (κ2) is 7.35. The van der Waals surface area contributed by atoms with E-state index in [9.17, 15) is 9.59 Å². The molecule has 0 aliphatic rings. The lowest BCUT2D eigenvalue weighted by atomic mass is 10.3. The third-order valence-electron chi connectivity index (χ3n) is 1.92. The lowest BCUT2D eigenvalue weighted by Gasteiger charge is -2.20. The Morgan fingerprint density at radius 1 is 1.21 bits per heavy atom. The summed E-state index contributed by atoms with van der Waals surface area (Å²) in [5, 5.41) is 2.52. The first kappa shape index (κ1) is 12.9. The minimum atomic E-state index is -0.108. The van der Waals surface area contributed by atoms with Crippen LogP contribution >= 0.6 is 0 Å². The Hall–Kier alpha value is -1.06. The molecule has 0 fully saturated rings. The van der Waals surface area contributed by atoms with Crippen LogP contribution in [0.1, 0.15) is 33.1 Å². The number of amides is 2. The topological polar surface area (TPSA) is 49.4 Å². The van der Waals surface area contributed by atoms with Gasteiger partial charge in [-0.05, 0) is 12.8 Å². The Morgan fingerprint density at radius 2 is 1.86 bits per heavy atom. The monoisotopic (exact) mass is 200 g/mol. The van der Waals surface area contributed by atoms with Gasteiger partial charge in [0.25, 0.3) is 0 Å². The highest BCUT2D eigenvalue weighted by Crippen LogP contribution is 1.98. The number of carbonyl (C=O) groups is 2. The molecule has 14 heavy (non-hydrogen) atoms. The largest absolute Gasteiger partial charge is 0.358 e. The Balaban J connectivity index is 4.13. The normalized spacial score (nSPS) is 9.64. The smallest absolute Gasteiger partial charge is 0.239 e. The van der Waals surface area contributed by atoms with Gasteiger partial charge in [-0.3, -0.25) is 9.59 Å². The van der Waals surface area contributed by atoms with Crippen molar-refractivity contribution < 1.29 is 9.59 Å². The van der Waals surface area contributed by atoms with Gasteiger partial charge in [-0.15, -0.1) is 0 Å². The summed E-state index contributed by atoms with van der Waals surface area (Å²) in [7, 11) is 1.58. The van der Waals surface area contributed by atoms with E-state index < -0.39 is 0 Å². The van der Waals surface area contributed by atoms with Gasteiger partial charge < -0.3 is 10.2 Å². The molecule has 0 aliphatic heterocycles. The molecule has 0 heterocycles. The number of nitrogens with one attached hydrogen (secondary N) is 1. The van der Waals surface area contributed by atoms with Crippen molar-refractivity contribution in [1.82, 2.24) is 10.2 Å². The molecule has 1 N–H and O–H groups in total. The van der Waals surface area contributed by atoms with Gasteiger partial charge in [-0.1, -0.05) is 13.8 Å². The summed E-state index contributed by atoms with van der Waals surface area (Å²) in [6.07, 6.45) is 2.23. The van der Waals surface area contributed by atoms with Gasteiger partial charge in [0.1, 0.15) is 0 Å². The molecular formula is C10H20N2O2. The van der Waals surface area contributed by atoms with Gasteiger partial charge in [0.2, 0.25) is 11.8 Å². The first-order valence-corrected chi connectivity index (χ1v) is 5.14. The summed E-state index contributed by atoms with van der Waals surface area (Å²) in [5.74, 6) is -0.0409. The molecule has 0 saturated carbocycles. The second-order valence-electron chi connectivity index (χ2n) is 3.24. The first-order valence-electron chi connectivity index (χ1n) is 5.14. The Kier molecular flexibility index (Phi) is 6.80. The van der Waals surface area contributed by atoms with Crippen molar-refractivity contribution in [3.63, 3.8) is 0 Å². The van der Waals surface area contributed by atoms with Crippen LogP contribution in [-0.2, 0) is 9.59 Å². The highest BCUT2D eigenvalue weighted by Gasteiger charge is 2.14. The van der Waals surface area contributed by atoms with Gasteiger partial charge in [0.15, 0.2) is 0 Å². The van der Waals surface area contributed by atoms with Crippen LogP contribution in [0.25, 0.3) is 0 Å². The summed E-state index contributed by atoms with van der Waals surface area (Å²) in [6.45, 7) is 4.80. The summed E-state index contributed by atoms with van der Waals surface area (Å²) in [4.78, 5) is 24.2. The quantitative estimate of drug-likeness (QED) is 0.688. The van der Waals surface area contributed by atoms with Crippen LogP contribution in [0.2, 0.25) is 0 Å². The molecule has 0 saturated heterocycles. The molecule has 0 aromatic rings. The van der Waals surface area contributed by atoms with Crippen molar-refractivity contribution in [3.05, 3.63) is 0 Å². The minimum Gasteiger partial charge on any atom is -0.358 e. The van der Waals surface area contributed by atoms with E-state index in [0.29, 0.717) is 13.0 Å². The average molecular weight is 200 g/mol. The molecule has 2 amide bonds. The molecule has 0 spiro atoms. The zero-order chi connectivity index (χ0) is 11.0. The van der Waals surface area contributed by atoms with E-state index in [0.717, 1.165) is 12.8 Å². The fraction of sp³-hybridized carbons (Fsp3) is 0.800. The third-order valence-corrected chi connectivity index (χ3v) is 1.92. The van der Waals surface area contributed by atoms with Crippen LogP contribution in [0.3, 0.4) is 0 Å². The molecule has 0 atom stereocenters. The maximum absolute atomic E-state index is 11.5. The van der Waals surface area contributed by atoms with Crippen LogP contribution in [0.5, 0.6) is 0 Å². The Labute approximate surface area is 85.7 Å². The zero-order valence-corrected chi connectivity index (χ0v) is 9.30. The molecule has 4 heteroatoms. The van der Waals surface area contributed by atoms with Crippen LogP contribution in [0.15, 0.2) is 0 Å². The van der Waals surface area contributed by atoms with Crippen molar-refractivity contribution >= 4 is 11.8 Å². The number of nitrogens with zero attached hydrogens (tertiary/aromatic N) is 1. The fourth-order valence-corrected chi connectivity index (χ4v) is 1.19. The zero-order valence-electron chi connectivity index (χ0n) is 9.30. The molecule has 0 bridgehead atoms. The number of rotatable bonds is 6. The van der Waals surface area contributed by atoms with Gasteiger partial charge in [-0.2, -0.15) is 0 Å². The SMILES string of the molecule is CCCC(=O)N(CCC)CC(=O)NC. The average Bonchev–Trinajstić information content (AvgIpc) is 2.17. The second-order valence-corrected chi connectivity index (χ2v) is 3.24. The fourth-order valence-electron chi connectivity index (χ4n) is 1.19. The predicted octanol–water partition coefficient (Wildman–Crippen LogP) is 0.771. The van der Waals surface area contributed by atoms with E-state index in [1.807, 2.05) is 13.8 Å². The summed E-state index contributed by atoms with van der Waals surface area (Å²) in [6, 6.07) is 0. The standard InChI is InChI=1S/C10H20N2O2/c1-4-6-10(14)12(7-5-2)8-9(13)11-3/h4-8H2,1-3H3,(H,11,13). The Morgan fingerprint density at radius 3 is 2.29 bits per heavy atom. The third kappa shape index (κ3) is 4.84. The van der Waals surface area contributed by atoms with Crippen LogP contribution in [0.4, 0.5) is 0 Å². The lowest BCUT2D eigenvalue weighted by Crippen LogP contribution is -2.39. The first-order chi connectivity index (χ1) is 6.65. The van der Waals surface area contributed by atoms with E-state index in [2.05, 4.69) is 5.32 Å². The van der Waals surface area contributed by atoms with Crippen LogP contribution in [0, 0.1) is 0 Å². The van der Waals surface area contributed by atoms with Crippen LogP contribution in [-0.4, -0.2) is 36.9 Å². The number of likely N-dealkylation sites (N-methyl/N-ethyl adjacent to an activating group) is 1. The number of hydrogen-bond donors (Lipinski definition) is 1. The van der Waals surface area contributed by atoms with E-state index in [-0.39, 0.29) is 18.4 Å². The molecule has 0 rings (SSSR count). The van der Waals surface area contributed by atoms with Crippen molar-refractivity contribution in [2.45, 2.75) is 33.1 Å². The molecule has 0 aromatic heterocycles. The highest BCUT2D eigenvalue weighted by atomic mass is 16.2. The summed E-state index contributed by atoms with van der Waals surface area (Å²) >= 11 is 0. The molecule has 0 aliphatic carbocycles. The Bertz CT molecular complexity index is 193. The van der Waals surface area contributed by atoms with E-state index in [1.165, 1.54) is 0 Å². The number of hydrogen-bond acceptors (Lipinski definition) is 2. The van der Waals surface area contributed by atoms with Gasteiger partial charge in [0, 0.05) is 20.0 Å². The minimum absolute atomic E-state index is 0.0675. The molecule has 82 valence electrons. The maximum atomic E-state index is 11.5. The van der Waals surface area contributed by atoms with E-state index in [4.69, 9.17) is 0 Å². The molecule has 0 aromatic carbocycles. The van der Waals surface area contributed by atoms with E-state index in [1.54, 1.807) is 11.9 Å². The van der Waals surface area contributed by atoms with Gasteiger partial charge in [0.05, 0.1) is 6.54 Å². The van der Waals surface area contributed by atoms with Gasteiger partial charge in [-0.25, -0.2) is 0 Å². The van der Waals surface area contributed by atoms with E-state index >= 15 is 0 Å². The van der Waals surface area contributed by atoms with Crippen molar-refractivity contribution in [1.29, 1.82) is 0 Å². The number of carbonyl (C=O) groups excluding carboxylic acids is 2. The highest BCUT2D eigenvalue weighted by molar-refractivity contribution is 5.84. The summed E-state index contributed by atoms with van der Waals surface area (Å²) < 4.78 is 0. The molecule has 0 unspecified atom stereocenters. The molecule has 4 nitrogen and oxygen atoms in total. The summed E-state index contributed by atoms with van der Waals surface area (Å²) in [5.41, 5.74) is 0. The van der Waals surface area contributed by atoms with Gasteiger partial charge >= 0.3 is 0 Å². The lowest BCUT2D eigenvalue weighted by molar-refractivity contribution is -0.136.